The predicted molar refractivity (Wildman–Crippen MR) is 71.3 cm³/mol. The van der Waals surface area contributed by atoms with E-state index in [1.165, 1.54) is 0 Å². The van der Waals surface area contributed by atoms with E-state index in [1.807, 2.05) is 0 Å². The fourth-order valence-corrected chi connectivity index (χ4v) is 1.91. The van der Waals surface area contributed by atoms with Crippen LogP contribution in [0.2, 0.25) is 0 Å². The predicted octanol–water partition coefficient (Wildman–Crippen LogP) is 2.56. The van der Waals surface area contributed by atoms with Crippen LogP contribution in [0, 0.1) is 34.0 Å². The average Bonchev–Trinajstić information content (AvgIpc) is 2.80. The molecule has 0 aliphatic heterocycles. The number of H-pyrrole nitrogens is 1. The first-order valence-electron chi connectivity index (χ1n) is 5.05. The molecule has 0 saturated heterocycles. The second-order valence-electron chi connectivity index (χ2n) is 3.48. The highest BCUT2D eigenvalue weighted by atomic mass is 79.9. The standard InChI is InChI=1S/C12H5BrN6/c13-12-9-2-1-8(3-10(9)18-19-12)17-11(6-16)7(4-14)5-15/h1-3,17H,(H,18,19). The highest BCUT2D eigenvalue weighted by Gasteiger charge is 2.08. The van der Waals surface area contributed by atoms with Gasteiger partial charge in [0.25, 0.3) is 0 Å². The van der Waals surface area contributed by atoms with Crippen molar-refractivity contribution in [2.45, 2.75) is 0 Å². The van der Waals surface area contributed by atoms with E-state index in [4.69, 9.17) is 15.8 Å². The Labute approximate surface area is 116 Å². The van der Waals surface area contributed by atoms with Crippen LogP contribution in [0.25, 0.3) is 10.9 Å². The van der Waals surface area contributed by atoms with Crippen molar-refractivity contribution in [1.29, 1.82) is 15.8 Å². The van der Waals surface area contributed by atoms with E-state index < -0.39 is 0 Å². The maximum atomic E-state index is 8.94. The Morgan fingerprint density at radius 1 is 1.21 bits per heavy atom. The van der Waals surface area contributed by atoms with Crippen LogP contribution in [0.1, 0.15) is 0 Å². The zero-order valence-corrected chi connectivity index (χ0v) is 11.0. The fourth-order valence-electron chi connectivity index (χ4n) is 1.48. The summed E-state index contributed by atoms with van der Waals surface area (Å²) in [5.74, 6) is 0. The number of anilines is 1. The number of nitrogens with one attached hydrogen (secondary N) is 2. The van der Waals surface area contributed by atoms with Crippen molar-refractivity contribution in [2.24, 2.45) is 0 Å². The lowest BCUT2D eigenvalue weighted by molar-refractivity contribution is 1.10. The maximum Gasteiger partial charge on any atom is 0.163 e. The average molecular weight is 313 g/mol. The van der Waals surface area contributed by atoms with Crippen LogP contribution in [-0.2, 0) is 0 Å². The van der Waals surface area contributed by atoms with E-state index in [2.05, 4.69) is 31.4 Å². The molecule has 90 valence electrons. The van der Waals surface area contributed by atoms with Crippen molar-refractivity contribution in [3.63, 3.8) is 0 Å². The highest BCUT2D eigenvalue weighted by Crippen LogP contribution is 2.24. The Kier molecular flexibility index (Phi) is 3.47. The lowest BCUT2D eigenvalue weighted by Crippen LogP contribution is -2.00. The molecule has 0 aliphatic rings. The molecular formula is C12H5BrN6. The topological polar surface area (TPSA) is 112 Å². The summed E-state index contributed by atoms with van der Waals surface area (Å²) in [7, 11) is 0. The minimum absolute atomic E-state index is 0.0843. The maximum absolute atomic E-state index is 8.94. The third kappa shape index (κ3) is 2.40. The summed E-state index contributed by atoms with van der Waals surface area (Å²) in [5, 5.41) is 36.9. The van der Waals surface area contributed by atoms with Crippen molar-refractivity contribution in [1.82, 2.24) is 10.2 Å². The van der Waals surface area contributed by atoms with E-state index in [1.54, 1.807) is 36.4 Å². The number of hydrogen-bond donors (Lipinski definition) is 2. The van der Waals surface area contributed by atoms with Gasteiger partial charge < -0.3 is 5.32 Å². The number of rotatable bonds is 2. The second kappa shape index (κ2) is 5.22. The minimum atomic E-state index is -0.259. The van der Waals surface area contributed by atoms with E-state index >= 15 is 0 Å². The Morgan fingerprint density at radius 3 is 2.58 bits per heavy atom. The number of fused-ring (bicyclic) bond motifs is 1. The fraction of sp³-hybridized carbons (Fsp3) is 0. The van der Waals surface area contributed by atoms with Crippen LogP contribution in [0.15, 0.2) is 34.1 Å². The smallest absolute Gasteiger partial charge is 0.163 e. The first-order valence-corrected chi connectivity index (χ1v) is 5.84. The number of nitrogens with zero attached hydrogens (tertiary/aromatic N) is 4. The molecule has 19 heavy (non-hydrogen) atoms. The van der Waals surface area contributed by atoms with Crippen LogP contribution in [0.5, 0.6) is 0 Å². The Morgan fingerprint density at radius 2 is 1.95 bits per heavy atom. The van der Waals surface area contributed by atoms with Crippen molar-refractivity contribution in [3.8, 4) is 18.2 Å². The molecule has 0 aliphatic carbocycles. The molecule has 6 nitrogen and oxygen atoms in total. The summed E-state index contributed by atoms with van der Waals surface area (Å²) in [6.07, 6.45) is 0. The number of aromatic nitrogens is 2. The summed E-state index contributed by atoms with van der Waals surface area (Å²) >= 11 is 3.32. The Bertz CT molecular complexity index is 780. The second-order valence-corrected chi connectivity index (χ2v) is 4.27. The third-order valence-electron chi connectivity index (χ3n) is 2.36. The number of aromatic amines is 1. The number of halogens is 1. The molecule has 0 fully saturated rings. The molecule has 0 saturated carbocycles. The van der Waals surface area contributed by atoms with Crippen molar-refractivity contribution in [2.75, 3.05) is 5.32 Å². The monoisotopic (exact) mass is 312 g/mol. The molecule has 1 heterocycles. The number of allylic oxidation sites excluding steroid dienone is 2. The van der Waals surface area contributed by atoms with Gasteiger partial charge in [0, 0.05) is 11.1 Å². The van der Waals surface area contributed by atoms with Gasteiger partial charge in [0.1, 0.15) is 28.5 Å². The largest absolute Gasteiger partial charge is 0.345 e. The van der Waals surface area contributed by atoms with Gasteiger partial charge >= 0.3 is 0 Å². The highest BCUT2D eigenvalue weighted by molar-refractivity contribution is 9.10. The van der Waals surface area contributed by atoms with Crippen LogP contribution in [0.3, 0.4) is 0 Å². The van der Waals surface area contributed by atoms with E-state index in [-0.39, 0.29) is 11.3 Å². The van der Waals surface area contributed by atoms with Crippen molar-refractivity contribution < 1.29 is 0 Å². The molecule has 2 N–H and O–H groups in total. The van der Waals surface area contributed by atoms with Gasteiger partial charge in [-0.3, -0.25) is 5.10 Å². The summed E-state index contributed by atoms with van der Waals surface area (Å²) in [4.78, 5) is 0. The molecule has 0 spiro atoms. The molecular weight excluding hydrogens is 308 g/mol. The first kappa shape index (κ1) is 12.6. The summed E-state index contributed by atoms with van der Waals surface area (Å²) < 4.78 is 0.764. The van der Waals surface area contributed by atoms with Gasteiger partial charge in [0.05, 0.1) is 5.52 Å². The molecule has 2 aromatic rings. The number of hydrogen-bond acceptors (Lipinski definition) is 5. The third-order valence-corrected chi connectivity index (χ3v) is 2.97. The normalized spacial score (nSPS) is 9.16. The zero-order valence-electron chi connectivity index (χ0n) is 9.40. The molecule has 1 aromatic carbocycles. The van der Waals surface area contributed by atoms with Gasteiger partial charge in [-0.25, -0.2) is 0 Å². The summed E-state index contributed by atoms with van der Waals surface area (Å²) in [6, 6.07) is 10.4. The van der Waals surface area contributed by atoms with E-state index in [0.29, 0.717) is 11.2 Å². The van der Waals surface area contributed by atoms with Gasteiger partial charge in [0.15, 0.2) is 5.57 Å². The van der Waals surface area contributed by atoms with Gasteiger partial charge in [0.2, 0.25) is 0 Å². The van der Waals surface area contributed by atoms with Crippen molar-refractivity contribution >= 4 is 32.5 Å². The summed E-state index contributed by atoms with van der Waals surface area (Å²) in [6.45, 7) is 0. The molecule has 2 rings (SSSR count). The molecule has 0 amide bonds. The molecule has 0 bridgehead atoms. The van der Waals surface area contributed by atoms with Gasteiger partial charge in [-0.1, -0.05) is 0 Å². The van der Waals surface area contributed by atoms with Crippen LogP contribution < -0.4 is 5.32 Å². The molecule has 1 aromatic heterocycles. The van der Waals surface area contributed by atoms with E-state index in [9.17, 15) is 0 Å². The summed E-state index contributed by atoms with van der Waals surface area (Å²) in [5.41, 5.74) is 0.931. The number of nitriles is 3. The zero-order chi connectivity index (χ0) is 13.8. The first-order chi connectivity index (χ1) is 9.19. The van der Waals surface area contributed by atoms with Gasteiger partial charge in [-0.2, -0.15) is 20.9 Å². The van der Waals surface area contributed by atoms with Gasteiger partial charge in [-0.15, -0.1) is 0 Å². The lowest BCUT2D eigenvalue weighted by atomic mass is 10.2. The molecule has 0 atom stereocenters. The minimum Gasteiger partial charge on any atom is -0.345 e. The Hall–Kier alpha value is -2.82. The number of benzene rings is 1. The van der Waals surface area contributed by atoms with Gasteiger partial charge in [-0.05, 0) is 34.1 Å². The van der Waals surface area contributed by atoms with E-state index in [0.717, 1.165) is 9.99 Å². The quantitative estimate of drug-likeness (QED) is 0.827. The lowest BCUT2D eigenvalue weighted by Gasteiger charge is -2.03. The molecule has 0 radical (unpaired) electrons. The SMILES string of the molecule is N#CC(C#N)=C(C#N)Nc1ccc2c(Br)[nH]nc2c1. The molecule has 7 heteroatoms. The van der Waals surface area contributed by atoms with Crippen LogP contribution in [-0.4, -0.2) is 10.2 Å². The van der Waals surface area contributed by atoms with Crippen LogP contribution in [0.4, 0.5) is 5.69 Å². The Balaban J connectivity index is 2.42. The van der Waals surface area contributed by atoms with Crippen molar-refractivity contribution in [3.05, 3.63) is 34.1 Å². The van der Waals surface area contributed by atoms with Crippen LogP contribution >= 0.6 is 15.9 Å². The molecule has 0 unspecified atom stereocenters.